The second-order valence-corrected chi connectivity index (χ2v) is 6.19. The molecule has 0 bridgehead atoms. The van der Waals surface area contributed by atoms with E-state index in [4.69, 9.17) is 4.42 Å². The maximum atomic E-state index is 12.4. The summed E-state index contributed by atoms with van der Waals surface area (Å²) in [7, 11) is 0. The van der Waals surface area contributed by atoms with E-state index in [1.807, 2.05) is 37.3 Å². The maximum Gasteiger partial charge on any atom is 0.225 e. The van der Waals surface area contributed by atoms with E-state index in [2.05, 4.69) is 10.3 Å². The molecule has 0 saturated carbocycles. The Labute approximate surface area is 140 Å². The summed E-state index contributed by atoms with van der Waals surface area (Å²) in [5, 5.41) is 2.97. The maximum absolute atomic E-state index is 12.4. The highest BCUT2D eigenvalue weighted by molar-refractivity contribution is 5.89. The Morgan fingerprint density at radius 1 is 1.42 bits per heavy atom. The van der Waals surface area contributed by atoms with E-state index in [-0.39, 0.29) is 30.2 Å². The summed E-state index contributed by atoms with van der Waals surface area (Å²) in [6.07, 6.45) is 4.22. The van der Waals surface area contributed by atoms with Crippen LogP contribution >= 0.6 is 0 Å². The predicted octanol–water partition coefficient (Wildman–Crippen LogP) is 1.77. The van der Waals surface area contributed by atoms with Crippen molar-refractivity contribution in [3.63, 3.8) is 0 Å². The van der Waals surface area contributed by atoms with E-state index < -0.39 is 0 Å². The van der Waals surface area contributed by atoms with Crippen molar-refractivity contribution >= 4 is 11.8 Å². The molecule has 2 amide bonds. The van der Waals surface area contributed by atoms with Gasteiger partial charge in [0.05, 0.1) is 24.4 Å². The van der Waals surface area contributed by atoms with Crippen LogP contribution in [0.2, 0.25) is 0 Å². The number of hydrogen-bond acceptors (Lipinski definition) is 4. The highest BCUT2D eigenvalue weighted by Gasteiger charge is 2.34. The first-order chi connectivity index (χ1) is 11.6. The smallest absolute Gasteiger partial charge is 0.225 e. The monoisotopic (exact) mass is 327 g/mol. The fourth-order valence-corrected chi connectivity index (χ4v) is 2.93. The molecule has 1 saturated heterocycles. The molecule has 1 aliphatic rings. The van der Waals surface area contributed by atoms with Crippen molar-refractivity contribution in [2.45, 2.75) is 32.4 Å². The Balaban J connectivity index is 1.52. The molecule has 1 N–H and O–H groups in total. The number of aromatic nitrogens is 1. The lowest BCUT2D eigenvalue weighted by atomic mass is 10.1. The van der Waals surface area contributed by atoms with Gasteiger partial charge in [0.15, 0.2) is 0 Å². The number of pyridine rings is 1. The first-order valence-corrected chi connectivity index (χ1v) is 8.12. The molecule has 2 aromatic rings. The van der Waals surface area contributed by atoms with Crippen LogP contribution in [-0.2, 0) is 22.6 Å². The first kappa shape index (κ1) is 16.2. The van der Waals surface area contributed by atoms with Gasteiger partial charge in [-0.05, 0) is 31.2 Å². The average Bonchev–Trinajstić information content (AvgIpc) is 3.19. The number of nitrogens with zero attached hydrogens (tertiary/aromatic N) is 2. The Kier molecular flexibility index (Phi) is 4.93. The molecule has 0 radical (unpaired) electrons. The molecule has 1 aliphatic heterocycles. The molecule has 0 aromatic carbocycles. The summed E-state index contributed by atoms with van der Waals surface area (Å²) < 4.78 is 5.29. The van der Waals surface area contributed by atoms with Crippen LogP contribution in [0.15, 0.2) is 47.2 Å². The fourth-order valence-electron chi connectivity index (χ4n) is 2.93. The van der Waals surface area contributed by atoms with Crippen molar-refractivity contribution in [1.82, 2.24) is 15.2 Å². The summed E-state index contributed by atoms with van der Waals surface area (Å²) >= 11 is 0. The molecule has 2 atom stereocenters. The molecule has 1 fully saturated rings. The second kappa shape index (κ2) is 7.29. The largest absolute Gasteiger partial charge is 0.469 e. The third-order valence-electron chi connectivity index (χ3n) is 4.14. The topological polar surface area (TPSA) is 75.4 Å². The van der Waals surface area contributed by atoms with Crippen LogP contribution in [-0.4, -0.2) is 34.3 Å². The molecule has 6 heteroatoms. The van der Waals surface area contributed by atoms with E-state index in [1.165, 1.54) is 0 Å². The summed E-state index contributed by atoms with van der Waals surface area (Å²) in [4.78, 5) is 30.5. The third-order valence-corrected chi connectivity index (χ3v) is 4.14. The van der Waals surface area contributed by atoms with Gasteiger partial charge in [-0.25, -0.2) is 0 Å². The Morgan fingerprint density at radius 3 is 3.00 bits per heavy atom. The lowest BCUT2D eigenvalue weighted by molar-refractivity contribution is -0.129. The summed E-state index contributed by atoms with van der Waals surface area (Å²) in [5.74, 6) is 0.452. The molecule has 0 aliphatic carbocycles. The third kappa shape index (κ3) is 4.01. The average molecular weight is 327 g/mol. The Bertz CT molecular complexity index is 685. The van der Waals surface area contributed by atoms with Crippen molar-refractivity contribution < 1.29 is 14.0 Å². The number of nitrogens with one attached hydrogen (secondary N) is 1. The van der Waals surface area contributed by atoms with Crippen LogP contribution in [0.1, 0.15) is 24.8 Å². The van der Waals surface area contributed by atoms with Gasteiger partial charge in [0.2, 0.25) is 11.8 Å². The van der Waals surface area contributed by atoms with Crippen LogP contribution in [0.4, 0.5) is 0 Å². The van der Waals surface area contributed by atoms with Gasteiger partial charge in [-0.1, -0.05) is 6.07 Å². The number of rotatable bonds is 6. The van der Waals surface area contributed by atoms with Crippen LogP contribution in [0.5, 0.6) is 0 Å². The Morgan fingerprint density at radius 2 is 2.29 bits per heavy atom. The van der Waals surface area contributed by atoms with Gasteiger partial charge in [0.25, 0.3) is 0 Å². The van der Waals surface area contributed by atoms with Crippen molar-refractivity contribution in [2.24, 2.45) is 5.92 Å². The fraction of sp³-hybridized carbons (Fsp3) is 0.389. The molecule has 6 nitrogen and oxygen atoms in total. The summed E-state index contributed by atoms with van der Waals surface area (Å²) in [5.41, 5.74) is 0.832. The molecule has 24 heavy (non-hydrogen) atoms. The molecular formula is C18H21N3O3. The number of carbonyl (C=O) groups is 2. The minimum atomic E-state index is -0.305. The SMILES string of the molecule is CC(Cc1ccco1)NC(=O)C1CC(=O)N(Cc2ccccn2)C1. The highest BCUT2D eigenvalue weighted by Crippen LogP contribution is 2.20. The summed E-state index contributed by atoms with van der Waals surface area (Å²) in [6.45, 7) is 2.82. The molecule has 0 spiro atoms. The second-order valence-electron chi connectivity index (χ2n) is 6.19. The van der Waals surface area contributed by atoms with E-state index in [9.17, 15) is 9.59 Å². The minimum absolute atomic E-state index is 0.000472. The quantitative estimate of drug-likeness (QED) is 0.877. The zero-order valence-corrected chi connectivity index (χ0v) is 13.6. The molecular weight excluding hydrogens is 306 g/mol. The summed E-state index contributed by atoms with van der Waals surface area (Å²) in [6, 6.07) is 9.29. The van der Waals surface area contributed by atoms with Gasteiger partial charge in [-0.3, -0.25) is 14.6 Å². The molecule has 2 unspecified atom stereocenters. The van der Waals surface area contributed by atoms with E-state index in [0.717, 1.165) is 11.5 Å². The van der Waals surface area contributed by atoms with E-state index >= 15 is 0 Å². The predicted molar refractivity (Wildman–Crippen MR) is 87.8 cm³/mol. The number of furan rings is 1. The number of amides is 2. The minimum Gasteiger partial charge on any atom is -0.469 e. The lowest BCUT2D eigenvalue weighted by Crippen LogP contribution is -2.39. The number of carbonyl (C=O) groups excluding carboxylic acids is 2. The molecule has 3 rings (SSSR count). The molecule has 3 heterocycles. The van der Waals surface area contributed by atoms with Crippen LogP contribution in [0.25, 0.3) is 0 Å². The van der Waals surface area contributed by atoms with Gasteiger partial charge in [0, 0.05) is 31.6 Å². The van der Waals surface area contributed by atoms with Crippen molar-refractivity contribution in [2.75, 3.05) is 6.54 Å². The van der Waals surface area contributed by atoms with Gasteiger partial charge in [-0.2, -0.15) is 0 Å². The van der Waals surface area contributed by atoms with Gasteiger partial charge in [0.1, 0.15) is 5.76 Å². The van der Waals surface area contributed by atoms with E-state index in [0.29, 0.717) is 19.5 Å². The molecule has 126 valence electrons. The highest BCUT2D eigenvalue weighted by atomic mass is 16.3. The van der Waals surface area contributed by atoms with Crippen LogP contribution in [0.3, 0.4) is 0 Å². The standard InChI is InChI=1S/C18H21N3O3/c1-13(9-16-6-4-8-24-16)20-18(23)14-10-17(22)21(11-14)12-15-5-2-3-7-19-15/h2-8,13-14H,9-12H2,1H3,(H,20,23). The van der Waals surface area contributed by atoms with Crippen molar-refractivity contribution in [3.05, 3.63) is 54.2 Å². The number of hydrogen-bond donors (Lipinski definition) is 1. The van der Waals surface area contributed by atoms with Crippen LogP contribution < -0.4 is 5.32 Å². The van der Waals surface area contributed by atoms with Gasteiger partial charge < -0.3 is 14.6 Å². The van der Waals surface area contributed by atoms with E-state index in [1.54, 1.807) is 17.4 Å². The zero-order valence-electron chi connectivity index (χ0n) is 13.6. The van der Waals surface area contributed by atoms with Gasteiger partial charge in [-0.15, -0.1) is 0 Å². The zero-order chi connectivity index (χ0) is 16.9. The molecule has 2 aromatic heterocycles. The Hall–Kier alpha value is -2.63. The number of likely N-dealkylation sites (tertiary alicyclic amines) is 1. The van der Waals surface area contributed by atoms with Crippen molar-refractivity contribution in [1.29, 1.82) is 0 Å². The van der Waals surface area contributed by atoms with Gasteiger partial charge >= 0.3 is 0 Å². The van der Waals surface area contributed by atoms with Crippen LogP contribution in [0, 0.1) is 5.92 Å². The first-order valence-electron chi connectivity index (χ1n) is 8.12. The normalized spacial score (nSPS) is 18.6. The lowest BCUT2D eigenvalue weighted by Gasteiger charge is -2.18. The van der Waals surface area contributed by atoms with Crippen molar-refractivity contribution in [3.8, 4) is 0 Å².